The molecule has 0 bridgehead atoms. The molecule has 6 heteroatoms. The Kier molecular flexibility index (Phi) is 11.2. The number of aliphatic imine (C=N–C) groups is 1. The maximum atomic E-state index is 13.1. The van der Waals surface area contributed by atoms with Crippen LogP contribution >= 0.6 is 24.0 Å². The molecule has 1 aromatic rings. The number of nitrogens with zero attached hydrogens (tertiary/aromatic N) is 2. The third kappa shape index (κ3) is 7.40. The summed E-state index contributed by atoms with van der Waals surface area (Å²) < 4.78 is 13.1. The largest absolute Gasteiger partial charge is 0.355 e. The summed E-state index contributed by atoms with van der Waals surface area (Å²) in [5.41, 5.74) is 0.898. The highest BCUT2D eigenvalue weighted by molar-refractivity contribution is 14.0. The number of rotatable bonds is 7. The van der Waals surface area contributed by atoms with Crippen LogP contribution < -0.4 is 10.6 Å². The van der Waals surface area contributed by atoms with Crippen LogP contribution in [-0.4, -0.2) is 43.6 Å². The van der Waals surface area contributed by atoms with Crippen molar-refractivity contribution in [2.75, 3.05) is 26.7 Å². The summed E-state index contributed by atoms with van der Waals surface area (Å²) in [6, 6.07) is 7.02. The van der Waals surface area contributed by atoms with Gasteiger partial charge in [0.05, 0.1) is 0 Å². The van der Waals surface area contributed by atoms with E-state index in [1.165, 1.54) is 12.1 Å². The number of likely N-dealkylation sites (N-methyl/N-ethyl adjacent to an activating group) is 1. The van der Waals surface area contributed by atoms with Gasteiger partial charge in [-0.2, -0.15) is 0 Å². The standard InChI is InChI=1S/C16H27FN4.HI/c1-5-21(6-2)13(3)11-19-16(18-4)20-12-14-8-7-9-15(17)10-14;/h7-10,13H,5-6,11-12H2,1-4H3,(H2,18,19,20);1H. The first kappa shape index (κ1) is 21.1. The second-order valence-corrected chi connectivity index (χ2v) is 5.01. The molecule has 126 valence electrons. The highest BCUT2D eigenvalue weighted by Gasteiger charge is 2.10. The van der Waals surface area contributed by atoms with Crippen LogP contribution in [0.15, 0.2) is 29.3 Å². The zero-order chi connectivity index (χ0) is 15.7. The van der Waals surface area contributed by atoms with Crippen LogP contribution in [0.2, 0.25) is 0 Å². The predicted octanol–water partition coefficient (Wildman–Crippen LogP) is 2.84. The lowest BCUT2D eigenvalue weighted by molar-refractivity contribution is 0.231. The van der Waals surface area contributed by atoms with E-state index in [9.17, 15) is 4.39 Å². The van der Waals surface area contributed by atoms with E-state index in [2.05, 4.69) is 41.3 Å². The Balaban J connectivity index is 0.00000441. The van der Waals surface area contributed by atoms with Crippen molar-refractivity contribution < 1.29 is 4.39 Å². The van der Waals surface area contributed by atoms with Crippen LogP contribution in [0.4, 0.5) is 4.39 Å². The summed E-state index contributed by atoms with van der Waals surface area (Å²) in [7, 11) is 1.74. The molecule has 0 spiro atoms. The molecule has 0 saturated carbocycles. The van der Waals surface area contributed by atoms with Crippen molar-refractivity contribution in [1.29, 1.82) is 0 Å². The molecule has 0 heterocycles. The van der Waals surface area contributed by atoms with E-state index in [-0.39, 0.29) is 29.8 Å². The van der Waals surface area contributed by atoms with Crippen molar-refractivity contribution >= 4 is 29.9 Å². The van der Waals surface area contributed by atoms with Crippen LogP contribution in [0.5, 0.6) is 0 Å². The van der Waals surface area contributed by atoms with Gasteiger partial charge in [0, 0.05) is 26.2 Å². The normalized spacial score (nSPS) is 12.7. The van der Waals surface area contributed by atoms with Gasteiger partial charge in [-0.25, -0.2) is 4.39 Å². The molecule has 1 rings (SSSR count). The Morgan fingerprint density at radius 2 is 1.95 bits per heavy atom. The maximum Gasteiger partial charge on any atom is 0.191 e. The Morgan fingerprint density at radius 3 is 2.50 bits per heavy atom. The summed E-state index contributed by atoms with van der Waals surface area (Å²) in [6.45, 7) is 9.97. The molecule has 0 aliphatic rings. The molecule has 0 aliphatic heterocycles. The molecule has 0 aromatic heterocycles. The van der Waals surface area contributed by atoms with Gasteiger partial charge in [0.15, 0.2) is 5.96 Å². The summed E-state index contributed by atoms with van der Waals surface area (Å²) in [6.07, 6.45) is 0. The van der Waals surface area contributed by atoms with Crippen LogP contribution in [0, 0.1) is 5.82 Å². The number of guanidine groups is 1. The van der Waals surface area contributed by atoms with Crippen molar-refractivity contribution in [2.45, 2.75) is 33.4 Å². The van der Waals surface area contributed by atoms with Crippen molar-refractivity contribution in [1.82, 2.24) is 15.5 Å². The Hall–Kier alpha value is -0.890. The van der Waals surface area contributed by atoms with Crippen LogP contribution in [0.3, 0.4) is 0 Å². The molecule has 0 saturated heterocycles. The van der Waals surface area contributed by atoms with Gasteiger partial charge >= 0.3 is 0 Å². The monoisotopic (exact) mass is 422 g/mol. The summed E-state index contributed by atoms with van der Waals surface area (Å²) >= 11 is 0. The van der Waals surface area contributed by atoms with Crippen molar-refractivity contribution in [3.63, 3.8) is 0 Å². The average molecular weight is 422 g/mol. The fourth-order valence-corrected chi connectivity index (χ4v) is 2.27. The maximum absolute atomic E-state index is 13.1. The number of nitrogens with one attached hydrogen (secondary N) is 2. The van der Waals surface area contributed by atoms with E-state index in [1.54, 1.807) is 13.1 Å². The van der Waals surface area contributed by atoms with E-state index in [0.29, 0.717) is 12.6 Å². The van der Waals surface area contributed by atoms with Gasteiger partial charge in [-0.3, -0.25) is 9.89 Å². The molecule has 1 aromatic carbocycles. The van der Waals surface area contributed by atoms with Gasteiger partial charge in [-0.15, -0.1) is 24.0 Å². The minimum atomic E-state index is -0.215. The summed E-state index contributed by atoms with van der Waals surface area (Å²) in [5, 5.41) is 6.50. The number of hydrogen-bond acceptors (Lipinski definition) is 2. The van der Waals surface area contributed by atoms with Gasteiger partial charge in [-0.1, -0.05) is 26.0 Å². The quantitative estimate of drug-likeness (QED) is 0.404. The molecule has 2 N–H and O–H groups in total. The first-order valence-corrected chi connectivity index (χ1v) is 7.53. The Morgan fingerprint density at radius 1 is 1.27 bits per heavy atom. The SMILES string of the molecule is CCN(CC)C(C)CNC(=NC)NCc1cccc(F)c1.I. The first-order valence-electron chi connectivity index (χ1n) is 7.53. The van der Waals surface area contributed by atoms with Crippen LogP contribution in [0.25, 0.3) is 0 Å². The van der Waals surface area contributed by atoms with Crippen molar-refractivity contribution in [2.24, 2.45) is 4.99 Å². The molecule has 4 nitrogen and oxygen atoms in total. The van der Waals surface area contributed by atoms with Gasteiger partial charge in [0.2, 0.25) is 0 Å². The van der Waals surface area contributed by atoms with Crippen LogP contribution in [-0.2, 0) is 6.54 Å². The molecule has 0 radical (unpaired) electrons. The molecule has 1 atom stereocenters. The molecular weight excluding hydrogens is 394 g/mol. The van der Waals surface area contributed by atoms with Gasteiger partial charge < -0.3 is 10.6 Å². The number of benzene rings is 1. The summed E-state index contributed by atoms with van der Waals surface area (Å²) in [4.78, 5) is 6.57. The third-order valence-electron chi connectivity index (χ3n) is 3.57. The topological polar surface area (TPSA) is 39.7 Å². The first-order chi connectivity index (χ1) is 10.1. The van der Waals surface area contributed by atoms with E-state index in [0.717, 1.165) is 31.2 Å². The van der Waals surface area contributed by atoms with Crippen molar-refractivity contribution in [3.8, 4) is 0 Å². The van der Waals surface area contributed by atoms with Gasteiger partial charge in [0.1, 0.15) is 5.82 Å². The predicted molar refractivity (Wildman–Crippen MR) is 102 cm³/mol. The fourth-order valence-electron chi connectivity index (χ4n) is 2.27. The van der Waals surface area contributed by atoms with E-state index in [4.69, 9.17) is 0 Å². The molecule has 0 amide bonds. The Labute approximate surface area is 150 Å². The molecule has 0 aliphatic carbocycles. The minimum Gasteiger partial charge on any atom is -0.355 e. The molecule has 22 heavy (non-hydrogen) atoms. The second-order valence-electron chi connectivity index (χ2n) is 5.01. The lowest BCUT2D eigenvalue weighted by atomic mass is 10.2. The van der Waals surface area contributed by atoms with Gasteiger partial charge in [0.25, 0.3) is 0 Å². The molecular formula is C16H28FIN4. The molecule has 0 fully saturated rings. The smallest absolute Gasteiger partial charge is 0.191 e. The van der Waals surface area contributed by atoms with Gasteiger partial charge in [-0.05, 0) is 37.7 Å². The Bertz CT molecular complexity index is 450. The minimum absolute atomic E-state index is 0. The van der Waals surface area contributed by atoms with E-state index >= 15 is 0 Å². The highest BCUT2D eigenvalue weighted by Crippen LogP contribution is 2.02. The molecule has 1 unspecified atom stereocenters. The van der Waals surface area contributed by atoms with E-state index < -0.39 is 0 Å². The summed E-state index contributed by atoms with van der Waals surface area (Å²) in [5.74, 6) is 0.519. The highest BCUT2D eigenvalue weighted by atomic mass is 127. The zero-order valence-electron chi connectivity index (χ0n) is 13.9. The zero-order valence-corrected chi connectivity index (χ0v) is 16.2. The third-order valence-corrected chi connectivity index (χ3v) is 3.57. The van der Waals surface area contributed by atoms with Crippen molar-refractivity contribution in [3.05, 3.63) is 35.6 Å². The number of halogens is 2. The number of hydrogen-bond donors (Lipinski definition) is 2. The fraction of sp³-hybridized carbons (Fsp3) is 0.562. The van der Waals surface area contributed by atoms with Crippen LogP contribution in [0.1, 0.15) is 26.3 Å². The second kappa shape index (κ2) is 11.6. The lowest BCUT2D eigenvalue weighted by Crippen LogP contribution is -2.45. The van der Waals surface area contributed by atoms with E-state index in [1.807, 2.05) is 6.07 Å². The lowest BCUT2D eigenvalue weighted by Gasteiger charge is -2.27. The average Bonchev–Trinajstić information content (AvgIpc) is 2.48.